The van der Waals surface area contributed by atoms with Crippen molar-refractivity contribution in [3.63, 3.8) is 0 Å². The molecule has 1 saturated heterocycles. The third-order valence-corrected chi connectivity index (χ3v) is 5.69. The van der Waals surface area contributed by atoms with E-state index in [-0.39, 0.29) is 0 Å². The van der Waals surface area contributed by atoms with Gasteiger partial charge in [0, 0.05) is 58.6 Å². The van der Waals surface area contributed by atoms with Crippen LogP contribution in [0.25, 0.3) is 0 Å². The molecule has 4 rings (SSSR count). The van der Waals surface area contributed by atoms with Crippen molar-refractivity contribution in [1.29, 1.82) is 0 Å². The zero-order valence-electron chi connectivity index (χ0n) is 16.4. The number of aryl methyl sites for hydroxylation is 1. The molecule has 146 valence electrons. The highest BCUT2D eigenvalue weighted by molar-refractivity contribution is 5.47. The summed E-state index contributed by atoms with van der Waals surface area (Å²) in [5.41, 5.74) is 7.12. The summed E-state index contributed by atoms with van der Waals surface area (Å²) in [5, 5.41) is 4.03. The van der Waals surface area contributed by atoms with E-state index < -0.39 is 0 Å². The summed E-state index contributed by atoms with van der Waals surface area (Å²) >= 11 is 0. The van der Waals surface area contributed by atoms with Gasteiger partial charge >= 0.3 is 0 Å². The highest BCUT2D eigenvalue weighted by Gasteiger charge is 2.30. The molecule has 8 heteroatoms. The molecule has 0 radical (unpaired) electrons. The number of rotatable bonds is 5. The SMILES string of the molecule is Cc1nc(CC2CCN(c3cc(C4CC(N)C4)nc(N(C)C)n3)CC2)no1. The molecule has 3 heterocycles. The highest BCUT2D eigenvalue weighted by atomic mass is 16.5. The number of aromatic nitrogens is 4. The smallest absolute Gasteiger partial charge is 0.227 e. The average molecular weight is 371 g/mol. The van der Waals surface area contributed by atoms with E-state index in [0.717, 1.165) is 68.5 Å². The maximum Gasteiger partial charge on any atom is 0.227 e. The van der Waals surface area contributed by atoms with Gasteiger partial charge in [0.25, 0.3) is 0 Å². The van der Waals surface area contributed by atoms with Gasteiger partial charge in [-0.15, -0.1) is 0 Å². The van der Waals surface area contributed by atoms with Crippen LogP contribution < -0.4 is 15.5 Å². The van der Waals surface area contributed by atoms with Crippen molar-refractivity contribution in [1.82, 2.24) is 20.1 Å². The van der Waals surface area contributed by atoms with Crippen LogP contribution in [0.4, 0.5) is 11.8 Å². The van der Waals surface area contributed by atoms with Crippen molar-refractivity contribution < 1.29 is 4.52 Å². The minimum Gasteiger partial charge on any atom is -0.356 e. The zero-order chi connectivity index (χ0) is 19.0. The van der Waals surface area contributed by atoms with Crippen LogP contribution in [0.1, 0.15) is 49.0 Å². The van der Waals surface area contributed by atoms with Crippen LogP contribution in [0.5, 0.6) is 0 Å². The Morgan fingerprint density at radius 2 is 1.93 bits per heavy atom. The molecule has 0 spiro atoms. The fourth-order valence-electron chi connectivity index (χ4n) is 3.96. The van der Waals surface area contributed by atoms with Crippen molar-refractivity contribution in [2.45, 2.75) is 51.0 Å². The molecule has 0 unspecified atom stereocenters. The quantitative estimate of drug-likeness (QED) is 0.851. The summed E-state index contributed by atoms with van der Waals surface area (Å²) in [6, 6.07) is 2.49. The van der Waals surface area contributed by atoms with Gasteiger partial charge in [0.2, 0.25) is 11.8 Å². The number of piperidine rings is 1. The molecule has 1 aliphatic heterocycles. The number of nitrogens with two attached hydrogens (primary N) is 1. The second-order valence-electron chi connectivity index (χ2n) is 8.14. The summed E-state index contributed by atoms with van der Waals surface area (Å²) in [5.74, 6) is 4.36. The Morgan fingerprint density at radius 3 is 2.52 bits per heavy atom. The fraction of sp³-hybridized carbons (Fsp3) is 0.684. The Labute approximate surface area is 160 Å². The molecule has 2 N–H and O–H groups in total. The molecule has 0 bridgehead atoms. The molecular formula is C19H29N7O. The van der Waals surface area contributed by atoms with Crippen molar-refractivity contribution in [3.8, 4) is 0 Å². The molecule has 1 saturated carbocycles. The normalized spacial score (nSPS) is 23.3. The van der Waals surface area contributed by atoms with Gasteiger partial charge < -0.3 is 20.1 Å². The van der Waals surface area contributed by atoms with Crippen LogP contribution in [0, 0.1) is 12.8 Å². The topological polar surface area (TPSA) is 97.2 Å². The third-order valence-electron chi connectivity index (χ3n) is 5.69. The number of hydrogen-bond acceptors (Lipinski definition) is 8. The molecule has 0 aromatic carbocycles. The molecular weight excluding hydrogens is 342 g/mol. The van der Waals surface area contributed by atoms with E-state index >= 15 is 0 Å². The summed E-state index contributed by atoms with van der Waals surface area (Å²) < 4.78 is 5.09. The molecule has 2 aromatic rings. The van der Waals surface area contributed by atoms with E-state index in [4.69, 9.17) is 20.2 Å². The standard InChI is InChI=1S/C19H29N7O/c1-12-21-17(24-27-12)8-13-4-6-26(7-5-13)18-11-16(14-9-15(20)10-14)22-19(23-18)25(2)3/h11,13-15H,4-10,20H2,1-3H3. The van der Waals surface area contributed by atoms with Gasteiger partial charge in [0.15, 0.2) is 5.82 Å². The monoisotopic (exact) mass is 371 g/mol. The first-order valence-electron chi connectivity index (χ1n) is 9.84. The van der Waals surface area contributed by atoms with Crippen molar-refractivity contribution in [3.05, 3.63) is 23.5 Å². The summed E-state index contributed by atoms with van der Waals surface area (Å²) in [4.78, 5) is 18.3. The molecule has 0 atom stereocenters. The predicted molar refractivity (Wildman–Crippen MR) is 104 cm³/mol. The van der Waals surface area contributed by atoms with Gasteiger partial charge in [-0.3, -0.25) is 0 Å². The average Bonchev–Trinajstić information content (AvgIpc) is 3.04. The lowest BCUT2D eigenvalue weighted by Gasteiger charge is -2.35. The van der Waals surface area contributed by atoms with Crippen molar-refractivity contribution >= 4 is 11.8 Å². The predicted octanol–water partition coefficient (Wildman–Crippen LogP) is 1.90. The summed E-state index contributed by atoms with van der Waals surface area (Å²) in [7, 11) is 3.99. The lowest BCUT2D eigenvalue weighted by molar-refractivity contribution is 0.344. The number of hydrogen-bond donors (Lipinski definition) is 1. The van der Waals surface area contributed by atoms with E-state index in [1.807, 2.05) is 25.9 Å². The minimum atomic E-state index is 0.320. The second-order valence-corrected chi connectivity index (χ2v) is 8.14. The van der Waals surface area contributed by atoms with Gasteiger partial charge in [-0.2, -0.15) is 9.97 Å². The Morgan fingerprint density at radius 1 is 1.19 bits per heavy atom. The van der Waals surface area contributed by atoms with E-state index in [1.54, 1.807) is 0 Å². The first kappa shape index (κ1) is 18.2. The fourth-order valence-corrected chi connectivity index (χ4v) is 3.96. The van der Waals surface area contributed by atoms with Crippen LogP contribution in [-0.4, -0.2) is 53.3 Å². The minimum absolute atomic E-state index is 0.320. The highest BCUT2D eigenvalue weighted by Crippen LogP contribution is 2.36. The Balaban J connectivity index is 1.44. The molecule has 8 nitrogen and oxygen atoms in total. The van der Waals surface area contributed by atoms with Gasteiger partial charge in [-0.25, -0.2) is 4.98 Å². The molecule has 2 aliphatic rings. The number of anilines is 2. The zero-order valence-corrected chi connectivity index (χ0v) is 16.4. The largest absolute Gasteiger partial charge is 0.356 e. The van der Waals surface area contributed by atoms with Gasteiger partial charge in [-0.1, -0.05) is 5.16 Å². The summed E-state index contributed by atoms with van der Waals surface area (Å²) in [6.07, 6.45) is 5.16. The van der Waals surface area contributed by atoms with Crippen LogP contribution in [0.3, 0.4) is 0 Å². The molecule has 2 fully saturated rings. The van der Waals surface area contributed by atoms with Gasteiger partial charge in [0.1, 0.15) is 5.82 Å². The second kappa shape index (κ2) is 7.42. The van der Waals surface area contributed by atoms with Crippen molar-refractivity contribution in [2.75, 3.05) is 37.0 Å². The molecule has 27 heavy (non-hydrogen) atoms. The first-order valence-corrected chi connectivity index (χ1v) is 9.84. The molecule has 2 aromatic heterocycles. The summed E-state index contributed by atoms with van der Waals surface area (Å²) in [6.45, 7) is 3.83. The third kappa shape index (κ3) is 4.05. The molecule has 1 aliphatic carbocycles. The Bertz CT molecular complexity index is 776. The lowest BCUT2D eigenvalue weighted by atomic mass is 9.78. The number of nitrogens with zero attached hydrogens (tertiary/aromatic N) is 6. The maximum absolute atomic E-state index is 5.98. The van der Waals surface area contributed by atoms with Gasteiger partial charge in [-0.05, 0) is 31.6 Å². The maximum atomic E-state index is 5.98. The Kier molecular flexibility index (Phi) is 4.99. The van der Waals surface area contributed by atoms with Crippen LogP contribution in [-0.2, 0) is 6.42 Å². The van der Waals surface area contributed by atoms with Crippen LogP contribution in [0.15, 0.2) is 10.6 Å². The lowest BCUT2D eigenvalue weighted by Crippen LogP contribution is -2.37. The van der Waals surface area contributed by atoms with Crippen LogP contribution in [0.2, 0.25) is 0 Å². The van der Waals surface area contributed by atoms with Crippen LogP contribution >= 0.6 is 0 Å². The van der Waals surface area contributed by atoms with E-state index in [0.29, 0.717) is 23.8 Å². The van der Waals surface area contributed by atoms with Crippen molar-refractivity contribution in [2.24, 2.45) is 11.7 Å². The van der Waals surface area contributed by atoms with E-state index in [2.05, 4.69) is 21.1 Å². The van der Waals surface area contributed by atoms with E-state index in [9.17, 15) is 0 Å². The Hall–Kier alpha value is -2.22. The van der Waals surface area contributed by atoms with E-state index in [1.165, 1.54) is 0 Å². The first-order chi connectivity index (χ1) is 13.0. The molecule has 0 amide bonds. The van der Waals surface area contributed by atoms with Gasteiger partial charge in [0.05, 0.1) is 5.69 Å².